The zero-order chi connectivity index (χ0) is 13.0. The second-order valence-corrected chi connectivity index (χ2v) is 4.85. The first kappa shape index (κ1) is 13.1. The number of carbonyl (C=O) groups is 1. The zero-order valence-electron chi connectivity index (χ0n) is 10.6. The van der Waals surface area contributed by atoms with E-state index in [-0.39, 0.29) is 11.7 Å². The fourth-order valence-electron chi connectivity index (χ4n) is 1.74. The minimum absolute atomic E-state index is 0.226. The zero-order valence-corrected chi connectivity index (χ0v) is 11.4. The van der Waals surface area contributed by atoms with E-state index < -0.39 is 0 Å². The molecule has 0 aromatic carbocycles. The van der Waals surface area contributed by atoms with Gasteiger partial charge in [-0.25, -0.2) is 4.98 Å². The number of aryl methyl sites for hydroxylation is 2. The molecule has 0 aliphatic carbocycles. The van der Waals surface area contributed by atoms with Crippen LogP contribution in [-0.4, -0.2) is 34.9 Å². The first-order valence-electron chi connectivity index (χ1n) is 6.00. The summed E-state index contributed by atoms with van der Waals surface area (Å²) in [5.74, 6) is 1.56. The molecule has 0 spiro atoms. The van der Waals surface area contributed by atoms with E-state index in [4.69, 9.17) is 9.15 Å². The average Bonchev–Trinajstić information content (AvgIpc) is 2.60. The topological polar surface area (TPSA) is 64.7 Å². The van der Waals surface area contributed by atoms with Crippen molar-refractivity contribution in [1.29, 1.82) is 0 Å². The van der Waals surface area contributed by atoms with Crippen molar-refractivity contribution in [2.45, 2.75) is 26.7 Å². The van der Waals surface area contributed by atoms with Crippen LogP contribution < -0.4 is 0 Å². The number of hydrogen-bond donors (Lipinski definition) is 0. The van der Waals surface area contributed by atoms with E-state index in [2.05, 4.69) is 9.98 Å². The lowest BCUT2D eigenvalue weighted by Gasteiger charge is -2.03. The summed E-state index contributed by atoms with van der Waals surface area (Å²) >= 11 is 1.37. The van der Waals surface area contributed by atoms with E-state index in [1.165, 1.54) is 11.8 Å². The SMILES string of the molecule is CCOC(=O)CSC1=NCCCc2oc(C)nc21. The fourth-order valence-corrected chi connectivity index (χ4v) is 2.56. The molecule has 0 radical (unpaired) electrons. The Morgan fingerprint density at radius 3 is 3.17 bits per heavy atom. The number of carbonyl (C=O) groups excluding carboxylic acids is 1. The number of nitrogens with zero attached hydrogens (tertiary/aromatic N) is 2. The Morgan fingerprint density at radius 1 is 1.56 bits per heavy atom. The Kier molecular flexibility index (Phi) is 4.41. The van der Waals surface area contributed by atoms with Crippen molar-refractivity contribution in [3.05, 3.63) is 17.3 Å². The Morgan fingerprint density at radius 2 is 2.39 bits per heavy atom. The molecule has 0 N–H and O–H groups in total. The number of aliphatic imine (C=N–C) groups is 1. The van der Waals surface area contributed by atoms with E-state index in [9.17, 15) is 4.79 Å². The molecule has 0 atom stereocenters. The number of aromatic nitrogens is 1. The van der Waals surface area contributed by atoms with Gasteiger partial charge in [-0.2, -0.15) is 0 Å². The van der Waals surface area contributed by atoms with Crippen molar-refractivity contribution in [3.8, 4) is 0 Å². The van der Waals surface area contributed by atoms with E-state index in [1.54, 1.807) is 6.92 Å². The lowest BCUT2D eigenvalue weighted by Crippen LogP contribution is -2.10. The number of ether oxygens (including phenoxy) is 1. The Balaban J connectivity index is 2.07. The van der Waals surface area contributed by atoms with Crippen LogP contribution in [0.1, 0.15) is 30.7 Å². The Bertz CT molecular complexity index is 468. The van der Waals surface area contributed by atoms with Crippen LogP contribution in [-0.2, 0) is 16.0 Å². The Hall–Kier alpha value is -1.30. The summed E-state index contributed by atoms with van der Waals surface area (Å²) in [7, 11) is 0. The molecule has 1 aliphatic heterocycles. The van der Waals surface area contributed by atoms with E-state index >= 15 is 0 Å². The van der Waals surface area contributed by atoms with Crippen molar-refractivity contribution in [3.63, 3.8) is 0 Å². The number of fused-ring (bicyclic) bond motifs is 1. The monoisotopic (exact) mass is 268 g/mol. The number of oxazole rings is 1. The van der Waals surface area contributed by atoms with Crippen LogP contribution in [0.15, 0.2) is 9.41 Å². The maximum Gasteiger partial charge on any atom is 0.316 e. The highest BCUT2D eigenvalue weighted by Gasteiger charge is 2.20. The molecule has 5 nitrogen and oxygen atoms in total. The number of hydrogen-bond acceptors (Lipinski definition) is 6. The molecule has 0 amide bonds. The van der Waals surface area contributed by atoms with Crippen molar-refractivity contribution in [2.24, 2.45) is 4.99 Å². The highest BCUT2D eigenvalue weighted by molar-refractivity contribution is 8.14. The van der Waals surface area contributed by atoms with E-state index in [1.807, 2.05) is 6.92 Å². The summed E-state index contributed by atoms with van der Waals surface area (Å²) in [5, 5.41) is 0.785. The molecule has 0 fully saturated rings. The van der Waals surface area contributed by atoms with Crippen LogP contribution in [0.3, 0.4) is 0 Å². The molecular weight excluding hydrogens is 252 g/mol. The summed E-state index contributed by atoms with van der Waals surface area (Å²) in [6.45, 7) is 4.77. The maximum absolute atomic E-state index is 11.3. The average molecular weight is 268 g/mol. The molecule has 0 bridgehead atoms. The van der Waals surface area contributed by atoms with Gasteiger partial charge in [0.15, 0.2) is 5.89 Å². The van der Waals surface area contributed by atoms with Gasteiger partial charge in [-0.3, -0.25) is 9.79 Å². The van der Waals surface area contributed by atoms with E-state index in [0.29, 0.717) is 12.5 Å². The molecule has 18 heavy (non-hydrogen) atoms. The summed E-state index contributed by atoms with van der Waals surface area (Å²) in [6.07, 6.45) is 1.80. The number of thioether (sulfide) groups is 1. The molecule has 0 saturated carbocycles. The van der Waals surface area contributed by atoms with Gasteiger partial charge in [0, 0.05) is 19.9 Å². The van der Waals surface area contributed by atoms with Crippen LogP contribution in [0.2, 0.25) is 0 Å². The first-order valence-corrected chi connectivity index (χ1v) is 6.98. The van der Waals surface area contributed by atoms with Gasteiger partial charge in [0.1, 0.15) is 16.5 Å². The van der Waals surface area contributed by atoms with Gasteiger partial charge < -0.3 is 9.15 Å². The molecule has 1 aromatic rings. The van der Waals surface area contributed by atoms with Crippen LogP contribution in [0.4, 0.5) is 0 Å². The lowest BCUT2D eigenvalue weighted by molar-refractivity contribution is -0.139. The molecule has 0 saturated heterocycles. The normalized spacial score (nSPS) is 14.7. The van der Waals surface area contributed by atoms with Gasteiger partial charge in [0.05, 0.1) is 12.4 Å². The quantitative estimate of drug-likeness (QED) is 0.784. The molecule has 1 aromatic heterocycles. The molecule has 98 valence electrons. The molecule has 2 rings (SSSR count). The highest BCUT2D eigenvalue weighted by atomic mass is 32.2. The third-order valence-corrected chi connectivity index (χ3v) is 3.43. The van der Waals surface area contributed by atoms with Crippen molar-refractivity contribution >= 4 is 22.8 Å². The fraction of sp³-hybridized carbons (Fsp3) is 0.583. The van der Waals surface area contributed by atoms with Crippen molar-refractivity contribution < 1.29 is 13.9 Å². The first-order chi connectivity index (χ1) is 8.70. The summed E-state index contributed by atoms with van der Waals surface area (Å²) < 4.78 is 10.4. The van der Waals surface area contributed by atoms with Crippen LogP contribution in [0, 0.1) is 6.92 Å². The van der Waals surface area contributed by atoms with E-state index in [0.717, 1.165) is 35.9 Å². The molecule has 6 heteroatoms. The van der Waals surface area contributed by atoms with Crippen molar-refractivity contribution in [2.75, 3.05) is 18.9 Å². The molecule has 1 aliphatic rings. The minimum atomic E-state index is -0.226. The number of esters is 1. The Labute approximate surface area is 110 Å². The van der Waals surface area contributed by atoms with Gasteiger partial charge in [-0.1, -0.05) is 11.8 Å². The second kappa shape index (κ2) is 6.04. The van der Waals surface area contributed by atoms with Gasteiger partial charge in [0.25, 0.3) is 0 Å². The van der Waals surface area contributed by atoms with Crippen molar-refractivity contribution in [1.82, 2.24) is 4.98 Å². The van der Waals surface area contributed by atoms with Crippen LogP contribution >= 0.6 is 11.8 Å². The predicted octanol–water partition coefficient (Wildman–Crippen LogP) is 1.97. The molecule has 0 unspecified atom stereocenters. The third-order valence-electron chi connectivity index (χ3n) is 2.46. The highest BCUT2D eigenvalue weighted by Crippen LogP contribution is 2.22. The van der Waals surface area contributed by atoms with Gasteiger partial charge in [-0.05, 0) is 13.3 Å². The van der Waals surface area contributed by atoms with Gasteiger partial charge in [-0.15, -0.1) is 0 Å². The molecular formula is C12H16N2O3S. The summed E-state index contributed by atoms with van der Waals surface area (Å²) in [6, 6.07) is 0. The third kappa shape index (κ3) is 3.13. The van der Waals surface area contributed by atoms with Gasteiger partial charge in [0.2, 0.25) is 0 Å². The summed E-state index contributed by atoms with van der Waals surface area (Å²) in [5.41, 5.74) is 0.791. The standard InChI is InChI=1S/C12H16N2O3S/c1-3-16-10(15)7-18-12-11-9(5-4-6-13-12)17-8(2)14-11/h3-7H2,1-2H3. The predicted molar refractivity (Wildman–Crippen MR) is 70.1 cm³/mol. The van der Waals surface area contributed by atoms with Crippen LogP contribution in [0.25, 0.3) is 0 Å². The largest absolute Gasteiger partial charge is 0.465 e. The molecule has 2 heterocycles. The maximum atomic E-state index is 11.3. The van der Waals surface area contributed by atoms with Gasteiger partial charge >= 0.3 is 5.97 Å². The number of rotatable bonds is 3. The second-order valence-electron chi connectivity index (χ2n) is 3.89. The lowest BCUT2D eigenvalue weighted by atomic mass is 10.2. The summed E-state index contributed by atoms with van der Waals surface area (Å²) in [4.78, 5) is 20.2. The smallest absolute Gasteiger partial charge is 0.316 e. The van der Waals surface area contributed by atoms with Crippen LogP contribution in [0.5, 0.6) is 0 Å². The minimum Gasteiger partial charge on any atom is -0.465 e.